The molecule has 0 unspecified atom stereocenters. The largest absolute Gasteiger partial charge is 0.496 e. The number of esters is 1. The Morgan fingerprint density at radius 1 is 1.40 bits per heavy atom. The van der Waals surface area contributed by atoms with Gasteiger partial charge in [-0.25, -0.2) is 9.78 Å². The molecule has 5 nitrogen and oxygen atoms in total. The molecule has 1 aromatic heterocycles. The molecule has 0 spiro atoms. The Morgan fingerprint density at radius 2 is 2.13 bits per heavy atom. The van der Waals surface area contributed by atoms with Crippen LogP contribution in [0.5, 0.6) is 11.6 Å². The molecule has 82 valence electrons. The van der Waals surface area contributed by atoms with Crippen LogP contribution in [0.15, 0.2) is 12.3 Å². The Kier molecular flexibility index (Phi) is 3.91. The van der Waals surface area contributed by atoms with Crippen LogP contribution < -0.4 is 9.47 Å². The van der Waals surface area contributed by atoms with Crippen molar-refractivity contribution in [1.82, 2.24) is 4.98 Å². The summed E-state index contributed by atoms with van der Waals surface area (Å²) in [4.78, 5) is 15.5. The summed E-state index contributed by atoms with van der Waals surface area (Å²) in [6, 6.07) is 1.58. The van der Waals surface area contributed by atoms with Gasteiger partial charge in [0.2, 0.25) is 5.88 Å². The first-order valence-electron chi connectivity index (χ1n) is 4.48. The minimum absolute atomic E-state index is 0.202. The zero-order valence-electron chi connectivity index (χ0n) is 8.94. The van der Waals surface area contributed by atoms with E-state index in [4.69, 9.17) is 14.2 Å². The van der Waals surface area contributed by atoms with Crippen LogP contribution in [0.2, 0.25) is 0 Å². The van der Waals surface area contributed by atoms with Gasteiger partial charge in [0, 0.05) is 6.20 Å². The number of carbonyl (C=O) groups is 1. The number of methoxy groups -OCH3 is 2. The molecular weight excluding hydrogens is 198 g/mol. The van der Waals surface area contributed by atoms with Gasteiger partial charge in [-0.3, -0.25) is 0 Å². The number of hydrogen-bond donors (Lipinski definition) is 0. The van der Waals surface area contributed by atoms with Crippen LogP contribution in [-0.2, 0) is 4.74 Å². The van der Waals surface area contributed by atoms with Gasteiger partial charge < -0.3 is 14.2 Å². The summed E-state index contributed by atoms with van der Waals surface area (Å²) in [5.74, 6) is 0.0902. The SMILES string of the molecule is CCOC(=O)c1c(OC)ccnc1OC. The van der Waals surface area contributed by atoms with Crippen LogP contribution in [0, 0.1) is 0 Å². The number of aromatic nitrogens is 1. The smallest absolute Gasteiger partial charge is 0.347 e. The highest BCUT2D eigenvalue weighted by molar-refractivity contribution is 5.94. The standard InChI is InChI=1S/C10H13NO4/c1-4-15-10(12)8-7(13-2)5-6-11-9(8)14-3/h5-6H,4H2,1-3H3. The van der Waals surface area contributed by atoms with Crippen LogP contribution in [0.1, 0.15) is 17.3 Å². The number of pyridine rings is 1. The van der Waals surface area contributed by atoms with Gasteiger partial charge in [0.25, 0.3) is 0 Å². The fraction of sp³-hybridized carbons (Fsp3) is 0.400. The number of hydrogen-bond acceptors (Lipinski definition) is 5. The van der Waals surface area contributed by atoms with Crippen molar-refractivity contribution in [3.8, 4) is 11.6 Å². The Hall–Kier alpha value is -1.78. The van der Waals surface area contributed by atoms with E-state index in [0.717, 1.165) is 0 Å². The third-order valence-corrected chi connectivity index (χ3v) is 1.77. The summed E-state index contributed by atoms with van der Waals surface area (Å²) in [5, 5.41) is 0. The number of ether oxygens (including phenoxy) is 3. The molecule has 0 saturated carbocycles. The molecule has 0 atom stereocenters. The summed E-state index contributed by atoms with van der Waals surface area (Å²) in [5.41, 5.74) is 0.212. The van der Waals surface area contributed by atoms with E-state index < -0.39 is 5.97 Å². The van der Waals surface area contributed by atoms with Crippen molar-refractivity contribution < 1.29 is 19.0 Å². The Balaban J connectivity index is 3.15. The average molecular weight is 211 g/mol. The number of rotatable bonds is 4. The third-order valence-electron chi connectivity index (χ3n) is 1.77. The number of nitrogens with zero attached hydrogens (tertiary/aromatic N) is 1. The molecule has 0 aromatic carbocycles. The van der Waals surface area contributed by atoms with E-state index in [9.17, 15) is 4.79 Å². The summed E-state index contributed by atoms with van der Waals surface area (Å²) in [6.07, 6.45) is 1.50. The monoisotopic (exact) mass is 211 g/mol. The van der Waals surface area contributed by atoms with Gasteiger partial charge >= 0.3 is 5.97 Å². The highest BCUT2D eigenvalue weighted by Crippen LogP contribution is 2.26. The van der Waals surface area contributed by atoms with Crippen molar-refractivity contribution in [1.29, 1.82) is 0 Å². The predicted molar refractivity (Wildman–Crippen MR) is 53.3 cm³/mol. The fourth-order valence-electron chi connectivity index (χ4n) is 1.14. The van der Waals surface area contributed by atoms with Gasteiger partial charge in [-0.1, -0.05) is 0 Å². The maximum Gasteiger partial charge on any atom is 0.347 e. The molecule has 5 heteroatoms. The van der Waals surface area contributed by atoms with Gasteiger partial charge in [-0.05, 0) is 13.0 Å². The predicted octanol–water partition coefficient (Wildman–Crippen LogP) is 1.28. The molecule has 15 heavy (non-hydrogen) atoms. The summed E-state index contributed by atoms with van der Waals surface area (Å²) in [7, 11) is 2.90. The minimum Gasteiger partial charge on any atom is -0.496 e. The maximum atomic E-state index is 11.6. The third kappa shape index (κ3) is 2.37. The lowest BCUT2D eigenvalue weighted by atomic mass is 10.2. The fourth-order valence-corrected chi connectivity index (χ4v) is 1.14. The van der Waals surface area contributed by atoms with Crippen LogP contribution in [-0.4, -0.2) is 31.8 Å². The molecular formula is C10H13NO4. The summed E-state index contributed by atoms with van der Waals surface area (Å²) in [6.45, 7) is 2.02. The lowest BCUT2D eigenvalue weighted by molar-refractivity contribution is 0.0518. The van der Waals surface area contributed by atoms with Crippen molar-refractivity contribution in [2.24, 2.45) is 0 Å². The molecule has 0 bridgehead atoms. The first-order chi connectivity index (χ1) is 7.24. The zero-order chi connectivity index (χ0) is 11.3. The molecule has 0 amide bonds. The summed E-state index contributed by atoms with van der Waals surface area (Å²) >= 11 is 0. The second-order valence-electron chi connectivity index (χ2n) is 2.62. The van der Waals surface area contributed by atoms with E-state index in [1.165, 1.54) is 20.4 Å². The van der Waals surface area contributed by atoms with E-state index in [0.29, 0.717) is 12.4 Å². The van der Waals surface area contributed by atoms with Crippen molar-refractivity contribution in [2.75, 3.05) is 20.8 Å². The molecule has 1 heterocycles. The van der Waals surface area contributed by atoms with Gasteiger partial charge in [0.1, 0.15) is 5.75 Å². The quantitative estimate of drug-likeness (QED) is 0.702. The summed E-state index contributed by atoms with van der Waals surface area (Å²) < 4.78 is 14.9. The molecule has 0 aliphatic heterocycles. The number of carbonyl (C=O) groups excluding carboxylic acids is 1. The second-order valence-corrected chi connectivity index (χ2v) is 2.62. The first-order valence-corrected chi connectivity index (χ1v) is 4.48. The van der Waals surface area contributed by atoms with Crippen LogP contribution in [0.3, 0.4) is 0 Å². The van der Waals surface area contributed by atoms with E-state index >= 15 is 0 Å². The van der Waals surface area contributed by atoms with Crippen LogP contribution in [0.25, 0.3) is 0 Å². The van der Waals surface area contributed by atoms with Gasteiger partial charge in [-0.15, -0.1) is 0 Å². The van der Waals surface area contributed by atoms with Crippen molar-refractivity contribution in [3.05, 3.63) is 17.8 Å². The van der Waals surface area contributed by atoms with E-state index in [1.807, 2.05) is 0 Å². The lowest BCUT2D eigenvalue weighted by Crippen LogP contribution is -2.09. The molecule has 0 saturated heterocycles. The highest BCUT2D eigenvalue weighted by atomic mass is 16.5. The first kappa shape index (κ1) is 11.3. The molecule has 0 N–H and O–H groups in total. The van der Waals surface area contributed by atoms with Gasteiger partial charge in [-0.2, -0.15) is 0 Å². The van der Waals surface area contributed by atoms with E-state index in [2.05, 4.69) is 4.98 Å². The normalized spacial score (nSPS) is 9.53. The Labute approximate surface area is 88.0 Å². The minimum atomic E-state index is -0.501. The average Bonchev–Trinajstić information content (AvgIpc) is 2.28. The molecule has 0 aliphatic rings. The highest BCUT2D eigenvalue weighted by Gasteiger charge is 2.20. The molecule has 0 fully saturated rings. The topological polar surface area (TPSA) is 57.7 Å². The van der Waals surface area contributed by atoms with Crippen molar-refractivity contribution in [2.45, 2.75) is 6.92 Å². The molecule has 1 rings (SSSR count). The Morgan fingerprint density at radius 3 is 2.67 bits per heavy atom. The molecule has 0 radical (unpaired) electrons. The van der Waals surface area contributed by atoms with Crippen molar-refractivity contribution in [3.63, 3.8) is 0 Å². The van der Waals surface area contributed by atoms with Gasteiger partial charge in [0.05, 0.1) is 20.8 Å². The Bertz CT molecular complexity index is 329. The maximum absolute atomic E-state index is 11.6. The van der Waals surface area contributed by atoms with Crippen LogP contribution >= 0.6 is 0 Å². The van der Waals surface area contributed by atoms with E-state index in [1.54, 1.807) is 13.0 Å². The van der Waals surface area contributed by atoms with E-state index in [-0.39, 0.29) is 11.4 Å². The lowest BCUT2D eigenvalue weighted by Gasteiger charge is -2.10. The zero-order valence-corrected chi connectivity index (χ0v) is 8.94. The molecule has 0 aliphatic carbocycles. The second kappa shape index (κ2) is 5.19. The van der Waals surface area contributed by atoms with Gasteiger partial charge in [0.15, 0.2) is 5.56 Å². The van der Waals surface area contributed by atoms with Crippen molar-refractivity contribution >= 4 is 5.97 Å². The molecule has 1 aromatic rings. The van der Waals surface area contributed by atoms with Crippen LogP contribution in [0.4, 0.5) is 0 Å².